The molecule has 6 heavy (non-hydrogen) atoms. The van der Waals surface area contributed by atoms with E-state index in [0.717, 1.165) is 3.92 Å². The molecule has 40 valence electrons. The van der Waals surface area contributed by atoms with Crippen LogP contribution in [0.1, 0.15) is 13.8 Å². The van der Waals surface area contributed by atoms with Crippen molar-refractivity contribution >= 4 is 16.1 Å². The zero-order chi connectivity index (χ0) is 4.57. The van der Waals surface area contributed by atoms with E-state index in [1.165, 1.54) is 0 Å². The van der Waals surface area contributed by atoms with Crippen LogP contribution < -0.4 is 19.2 Å². The number of nitrogens with one attached hydrogen (secondary N) is 1. The maximum absolute atomic E-state index is 3.50. The quantitative estimate of drug-likeness (QED) is 0.266. The van der Waals surface area contributed by atoms with Crippen molar-refractivity contribution in [3.63, 3.8) is 0 Å². The van der Waals surface area contributed by atoms with E-state index in [9.17, 15) is 0 Å². The molecule has 1 fully saturated rings. The fourth-order valence-electron chi connectivity index (χ4n) is 0.181. The van der Waals surface area contributed by atoms with Gasteiger partial charge in [-0.15, -0.1) is 0 Å². The predicted molar refractivity (Wildman–Crippen MR) is 32.3 cm³/mol. The molecule has 1 rings (SSSR count). The van der Waals surface area contributed by atoms with Gasteiger partial charge in [-0.25, -0.2) is 0 Å². The Morgan fingerprint density at radius 3 is 2.17 bits per heavy atom. The van der Waals surface area contributed by atoms with E-state index >= 15 is 0 Å². The van der Waals surface area contributed by atoms with Crippen molar-refractivity contribution in [1.82, 2.24) is 1.74 Å². The molecule has 1 aliphatic heterocycles. The summed E-state index contributed by atoms with van der Waals surface area (Å²) >= 11 is 0.366. The van der Waals surface area contributed by atoms with Gasteiger partial charge >= 0.3 is 53.1 Å². The minimum absolute atomic E-state index is 0.274. The van der Waals surface area contributed by atoms with E-state index in [1.54, 1.807) is 0 Å². The average Bonchev–Trinajstić information content (AvgIpc) is 2.06. The molecular formula is C3H8I2N-. The van der Waals surface area contributed by atoms with Crippen molar-refractivity contribution in [2.24, 2.45) is 0 Å². The van der Waals surface area contributed by atoms with Gasteiger partial charge in [0.25, 0.3) is 0 Å². The molecule has 0 amide bonds. The zero-order valence-electron chi connectivity index (χ0n) is 3.83. The van der Waals surface area contributed by atoms with Crippen molar-refractivity contribution in [2.75, 3.05) is 0 Å². The maximum atomic E-state index is 3.50. The molecule has 0 unspecified atom stereocenters. The molecule has 1 N–H and O–H groups in total. The Bertz CT molecular complexity index is 50.8. The van der Waals surface area contributed by atoms with Crippen LogP contribution in [0.2, 0.25) is 0 Å². The molecule has 1 aliphatic rings. The second kappa shape index (κ2) is 2.13. The fourth-order valence-corrected chi connectivity index (χ4v) is 12.1. The molecule has 3 heteroatoms. The summed E-state index contributed by atoms with van der Waals surface area (Å²) < 4.78 is 4.56. The summed E-state index contributed by atoms with van der Waals surface area (Å²) in [6.07, 6.45) is 0. The fraction of sp³-hybridized carbons (Fsp3) is 1.00. The third-order valence-corrected chi connectivity index (χ3v) is 15.8. The van der Waals surface area contributed by atoms with Crippen molar-refractivity contribution in [3.05, 3.63) is 0 Å². The predicted octanol–water partition coefficient (Wildman–Crippen LogP) is -1.66. The van der Waals surface area contributed by atoms with Gasteiger partial charge in [-0.1, -0.05) is 0 Å². The number of alkyl halides is 1. The van der Waals surface area contributed by atoms with Gasteiger partial charge in [0.1, 0.15) is 0 Å². The van der Waals surface area contributed by atoms with Gasteiger partial charge < -0.3 is 0 Å². The van der Waals surface area contributed by atoms with Gasteiger partial charge in [0.05, 0.1) is 0 Å². The van der Waals surface area contributed by atoms with Gasteiger partial charge in [-0.2, -0.15) is 0 Å². The number of rotatable bonds is 1. The molecule has 0 aromatic rings. The van der Waals surface area contributed by atoms with Crippen LogP contribution in [0.15, 0.2) is 0 Å². The summed E-state index contributed by atoms with van der Waals surface area (Å²) in [6, 6.07) is 0. The molecule has 0 atom stereocenters. The van der Waals surface area contributed by atoms with Crippen molar-refractivity contribution in [3.8, 4) is 0 Å². The monoisotopic (exact) mass is 312 g/mol. The van der Waals surface area contributed by atoms with E-state index in [4.69, 9.17) is 0 Å². The average molecular weight is 312 g/mol. The van der Waals surface area contributed by atoms with Crippen molar-refractivity contribution < 1.29 is 17.5 Å². The van der Waals surface area contributed by atoms with E-state index in [0.29, 0.717) is 17.5 Å². The van der Waals surface area contributed by atoms with Crippen LogP contribution in [-0.4, -0.2) is 3.92 Å². The Kier molecular flexibility index (Phi) is 1.97. The third-order valence-electron chi connectivity index (χ3n) is 0.537. The molecule has 1 nitrogen and oxygen atoms in total. The molecule has 0 aromatic heterocycles. The molecule has 1 heterocycles. The summed E-state index contributed by atoms with van der Waals surface area (Å²) in [6.45, 7) is 4.68. The van der Waals surface area contributed by atoms with Gasteiger partial charge in [0.15, 0.2) is 0 Å². The Labute approximate surface area is 52.7 Å². The van der Waals surface area contributed by atoms with Crippen LogP contribution in [0.4, 0.5) is 0 Å². The van der Waals surface area contributed by atoms with Crippen LogP contribution in [0.3, 0.4) is 0 Å². The standard InChI is InChI=1S/C3H8I2N/c1-3(2)5-4-6-5/h3,6H,1-2H3/q-1. The first-order chi connectivity index (χ1) is 2.80. The first-order valence-corrected chi connectivity index (χ1v) is 11.6. The molecule has 0 radical (unpaired) electrons. The minimum atomic E-state index is -0.274. The number of halogens is 2. The second-order valence-corrected chi connectivity index (χ2v) is 17.6. The first-order valence-electron chi connectivity index (χ1n) is 1.89. The molecule has 0 aromatic carbocycles. The Morgan fingerprint density at radius 1 is 1.67 bits per heavy atom. The molecule has 0 aliphatic carbocycles. The molecule has 1 saturated heterocycles. The molecule has 0 spiro atoms. The van der Waals surface area contributed by atoms with E-state index < -0.39 is 0 Å². The number of hydrogen-bond donors (Lipinski definition) is 1. The van der Waals surface area contributed by atoms with Gasteiger partial charge in [0.2, 0.25) is 0 Å². The van der Waals surface area contributed by atoms with Crippen molar-refractivity contribution in [2.45, 2.75) is 17.8 Å². The van der Waals surface area contributed by atoms with E-state index in [1.807, 2.05) is 0 Å². The third kappa shape index (κ3) is 1.49. The Hall–Kier alpha value is 1.42. The second-order valence-electron chi connectivity index (χ2n) is 1.42. The Balaban J connectivity index is 2.13. The summed E-state index contributed by atoms with van der Waals surface area (Å²) in [5.74, 6) is 0. The van der Waals surface area contributed by atoms with Crippen molar-refractivity contribution in [1.29, 1.82) is 0 Å². The van der Waals surface area contributed by atoms with Crippen LogP contribution in [0.5, 0.6) is 0 Å². The zero-order valence-corrected chi connectivity index (χ0v) is 8.15. The molecule has 0 bridgehead atoms. The van der Waals surface area contributed by atoms with E-state index in [-0.39, 0.29) is 16.1 Å². The van der Waals surface area contributed by atoms with E-state index in [2.05, 4.69) is 15.6 Å². The normalized spacial score (nSPS) is 26.8. The van der Waals surface area contributed by atoms with Gasteiger partial charge in [-0.3, -0.25) is 0 Å². The summed E-state index contributed by atoms with van der Waals surface area (Å²) in [7, 11) is 0. The summed E-state index contributed by atoms with van der Waals surface area (Å²) in [5, 5.41) is 0. The van der Waals surface area contributed by atoms with Gasteiger partial charge in [-0.05, 0) is 0 Å². The van der Waals surface area contributed by atoms with Crippen LogP contribution in [-0.2, 0) is 0 Å². The first kappa shape index (κ1) is 5.55. The van der Waals surface area contributed by atoms with Crippen LogP contribution in [0.25, 0.3) is 0 Å². The Morgan fingerprint density at radius 2 is 2.17 bits per heavy atom. The van der Waals surface area contributed by atoms with Gasteiger partial charge in [0, 0.05) is 0 Å². The molecular weight excluding hydrogens is 304 g/mol. The van der Waals surface area contributed by atoms with Crippen LogP contribution >= 0.6 is 16.1 Å². The van der Waals surface area contributed by atoms with Crippen LogP contribution in [0, 0.1) is 0 Å². The summed E-state index contributed by atoms with van der Waals surface area (Å²) in [5.41, 5.74) is 0. The molecule has 0 saturated carbocycles. The summed E-state index contributed by atoms with van der Waals surface area (Å²) in [4.78, 5) is 0. The topological polar surface area (TPSA) is 21.9 Å². The number of hydrogen-bond acceptors (Lipinski definition) is 1. The SMILES string of the molecule is CC(C)I1N[I-]1.